The van der Waals surface area contributed by atoms with Crippen LogP contribution < -0.4 is 4.90 Å². The smallest absolute Gasteiger partial charge is 0.406 e. The molecule has 29 heavy (non-hydrogen) atoms. The number of amides is 1. The molecule has 1 atom stereocenters. The van der Waals surface area contributed by atoms with Gasteiger partial charge < -0.3 is 10.2 Å². The third-order valence-corrected chi connectivity index (χ3v) is 4.33. The van der Waals surface area contributed by atoms with Gasteiger partial charge in [-0.15, -0.1) is 0 Å². The summed E-state index contributed by atoms with van der Waals surface area (Å²) in [5.74, 6) is -2.74. The predicted octanol–water partition coefficient (Wildman–Crippen LogP) is 4.61. The van der Waals surface area contributed by atoms with E-state index in [1.807, 2.05) is 0 Å². The predicted molar refractivity (Wildman–Crippen MR) is 102 cm³/mol. The number of aliphatic hydroxyl groups is 1. The Morgan fingerprint density at radius 2 is 1.72 bits per heavy atom. The summed E-state index contributed by atoms with van der Waals surface area (Å²) >= 11 is 12.0. The number of hydrogen-bond acceptors (Lipinski definition) is 3. The van der Waals surface area contributed by atoms with E-state index in [1.54, 1.807) is 12.1 Å². The van der Waals surface area contributed by atoms with Gasteiger partial charge >= 0.3 is 12.1 Å². The van der Waals surface area contributed by atoms with Crippen molar-refractivity contribution in [1.29, 1.82) is 0 Å². The molecule has 10 heteroatoms. The second-order valence-corrected chi connectivity index (χ2v) is 6.68. The minimum Gasteiger partial charge on any atom is -0.478 e. The molecule has 0 saturated carbocycles. The second-order valence-electron chi connectivity index (χ2n) is 5.84. The van der Waals surface area contributed by atoms with E-state index in [0.29, 0.717) is 17.1 Å². The number of aliphatic carboxylic acids is 1. The molecule has 0 aromatic heterocycles. The minimum atomic E-state index is -4.79. The second kappa shape index (κ2) is 9.30. The lowest BCUT2D eigenvalue weighted by Gasteiger charge is -2.27. The van der Waals surface area contributed by atoms with Crippen LogP contribution in [-0.2, 0) is 9.59 Å². The normalized spacial score (nSPS) is 12.8. The largest absolute Gasteiger partial charge is 0.478 e. The number of carboxylic acids is 1. The Labute approximate surface area is 173 Å². The van der Waals surface area contributed by atoms with Gasteiger partial charge in [-0.25, -0.2) is 4.79 Å². The van der Waals surface area contributed by atoms with E-state index in [4.69, 9.17) is 28.3 Å². The summed E-state index contributed by atoms with van der Waals surface area (Å²) in [6.07, 6.45) is -5.37. The molecular formula is C19H14Cl2F3NO4. The number of carboxylic acid groups (broad SMARTS) is 1. The number of aliphatic hydroxyl groups excluding tert-OH is 1. The van der Waals surface area contributed by atoms with Crippen LogP contribution in [0.4, 0.5) is 18.9 Å². The van der Waals surface area contributed by atoms with Gasteiger partial charge in [-0.05, 0) is 24.3 Å². The SMILES string of the molecule is O=C(O)/C=C\C(=O)N(CC(F)(F)F)c1ccc(Cl)cc1C(O)c1ccccc1Cl. The summed E-state index contributed by atoms with van der Waals surface area (Å²) in [5.41, 5.74) is -0.204. The number of nitrogens with zero attached hydrogens (tertiary/aromatic N) is 1. The highest BCUT2D eigenvalue weighted by atomic mass is 35.5. The van der Waals surface area contributed by atoms with Crippen molar-refractivity contribution in [2.24, 2.45) is 0 Å². The molecule has 2 rings (SSSR count). The zero-order valence-corrected chi connectivity index (χ0v) is 16.0. The van der Waals surface area contributed by atoms with Crippen molar-refractivity contribution >= 4 is 40.8 Å². The molecule has 0 aliphatic rings. The monoisotopic (exact) mass is 447 g/mol. The molecule has 0 saturated heterocycles. The molecule has 0 fully saturated rings. The molecule has 0 spiro atoms. The third-order valence-electron chi connectivity index (χ3n) is 3.75. The third kappa shape index (κ3) is 6.22. The van der Waals surface area contributed by atoms with Gasteiger partial charge in [0.2, 0.25) is 0 Å². The first-order valence-electron chi connectivity index (χ1n) is 8.01. The summed E-state index contributed by atoms with van der Waals surface area (Å²) in [6.45, 7) is -1.71. The molecule has 2 aromatic rings. The van der Waals surface area contributed by atoms with E-state index in [9.17, 15) is 27.9 Å². The number of benzene rings is 2. The van der Waals surface area contributed by atoms with E-state index in [-0.39, 0.29) is 26.9 Å². The van der Waals surface area contributed by atoms with Crippen molar-refractivity contribution in [1.82, 2.24) is 0 Å². The summed E-state index contributed by atoms with van der Waals surface area (Å²) in [4.78, 5) is 23.3. The average Bonchev–Trinajstić information content (AvgIpc) is 2.63. The van der Waals surface area contributed by atoms with Crippen molar-refractivity contribution in [3.05, 3.63) is 75.8 Å². The molecule has 0 radical (unpaired) electrons. The maximum absolute atomic E-state index is 13.1. The summed E-state index contributed by atoms with van der Waals surface area (Å²) in [6, 6.07) is 9.72. The fourth-order valence-corrected chi connectivity index (χ4v) is 2.97. The van der Waals surface area contributed by atoms with Crippen LogP contribution in [0, 0.1) is 0 Å². The Balaban J connectivity index is 2.60. The van der Waals surface area contributed by atoms with Gasteiger partial charge in [-0.3, -0.25) is 9.69 Å². The molecule has 2 aromatic carbocycles. The van der Waals surface area contributed by atoms with Crippen molar-refractivity contribution in [2.45, 2.75) is 12.3 Å². The first kappa shape index (κ1) is 22.7. The van der Waals surface area contributed by atoms with Crippen LogP contribution in [0.3, 0.4) is 0 Å². The Morgan fingerprint density at radius 1 is 1.07 bits per heavy atom. The Morgan fingerprint density at radius 3 is 2.31 bits per heavy atom. The number of hydrogen-bond donors (Lipinski definition) is 2. The van der Waals surface area contributed by atoms with Crippen molar-refractivity contribution in [3.63, 3.8) is 0 Å². The molecule has 5 nitrogen and oxygen atoms in total. The van der Waals surface area contributed by atoms with Crippen molar-refractivity contribution < 1.29 is 33.0 Å². The topological polar surface area (TPSA) is 77.8 Å². The molecule has 0 bridgehead atoms. The molecular weight excluding hydrogens is 434 g/mol. The van der Waals surface area contributed by atoms with Gasteiger partial charge in [0.05, 0.1) is 5.69 Å². The highest BCUT2D eigenvalue weighted by molar-refractivity contribution is 6.31. The van der Waals surface area contributed by atoms with Crippen LogP contribution in [-0.4, -0.2) is 34.8 Å². The van der Waals surface area contributed by atoms with Gasteiger partial charge in [0, 0.05) is 33.3 Å². The van der Waals surface area contributed by atoms with Crippen molar-refractivity contribution in [2.75, 3.05) is 11.4 Å². The quantitative estimate of drug-likeness (QED) is 0.633. The van der Waals surface area contributed by atoms with Crippen molar-refractivity contribution in [3.8, 4) is 0 Å². The van der Waals surface area contributed by atoms with E-state index in [1.165, 1.54) is 24.3 Å². The Kier molecular flexibility index (Phi) is 7.29. The number of rotatable bonds is 6. The van der Waals surface area contributed by atoms with Crippen LogP contribution in [0.1, 0.15) is 17.2 Å². The van der Waals surface area contributed by atoms with Gasteiger partial charge in [0.15, 0.2) is 0 Å². The standard InChI is InChI=1S/C19H14Cl2F3NO4/c20-11-5-6-15(13(9-11)18(29)12-3-1-2-4-14(12)21)25(10-19(22,23)24)16(26)7-8-17(27)28/h1-9,18,29H,10H2,(H,27,28)/b8-7-. The van der Waals surface area contributed by atoms with Crippen LogP contribution in [0.5, 0.6) is 0 Å². The molecule has 0 heterocycles. The van der Waals surface area contributed by atoms with Crippen LogP contribution in [0.2, 0.25) is 10.0 Å². The Hall–Kier alpha value is -2.55. The maximum Gasteiger partial charge on any atom is 0.406 e. The summed E-state index contributed by atoms with van der Waals surface area (Å²) in [5, 5.41) is 19.7. The molecule has 1 amide bonds. The number of alkyl halides is 3. The van der Waals surface area contributed by atoms with Crippen LogP contribution >= 0.6 is 23.2 Å². The van der Waals surface area contributed by atoms with E-state index in [0.717, 1.165) is 6.07 Å². The van der Waals surface area contributed by atoms with E-state index >= 15 is 0 Å². The first-order chi connectivity index (χ1) is 13.5. The van der Waals surface area contributed by atoms with Crippen LogP contribution in [0.25, 0.3) is 0 Å². The molecule has 0 aliphatic heterocycles. The number of carbonyl (C=O) groups excluding carboxylic acids is 1. The van der Waals surface area contributed by atoms with Gasteiger partial charge in [-0.1, -0.05) is 41.4 Å². The molecule has 0 aliphatic carbocycles. The number of carbonyl (C=O) groups is 2. The molecule has 154 valence electrons. The highest BCUT2D eigenvalue weighted by Gasteiger charge is 2.35. The number of anilines is 1. The van der Waals surface area contributed by atoms with Gasteiger partial charge in [0.1, 0.15) is 12.6 Å². The molecule has 2 N–H and O–H groups in total. The minimum absolute atomic E-state index is 0.105. The first-order valence-corrected chi connectivity index (χ1v) is 8.76. The fourth-order valence-electron chi connectivity index (χ4n) is 2.55. The zero-order valence-electron chi connectivity index (χ0n) is 14.5. The summed E-state index contributed by atoms with van der Waals surface area (Å²) in [7, 11) is 0. The maximum atomic E-state index is 13.1. The zero-order chi connectivity index (χ0) is 21.8. The lowest BCUT2D eigenvalue weighted by atomic mass is 9.99. The number of halogens is 5. The Bertz CT molecular complexity index is 947. The average molecular weight is 448 g/mol. The van der Waals surface area contributed by atoms with Gasteiger partial charge in [-0.2, -0.15) is 13.2 Å². The van der Waals surface area contributed by atoms with Gasteiger partial charge in [0.25, 0.3) is 5.91 Å². The highest BCUT2D eigenvalue weighted by Crippen LogP contribution is 2.36. The summed E-state index contributed by atoms with van der Waals surface area (Å²) < 4.78 is 39.3. The molecule has 1 unspecified atom stereocenters. The fraction of sp³-hybridized carbons (Fsp3) is 0.158. The van der Waals surface area contributed by atoms with E-state index in [2.05, 4.69) is 0 Å². The van der Waals surface area contributed by atoms with Crippen LogP contribution in [0.15, 0.2) is 54.6 Å². The lowest BCUT2D eigenvalue weighted by Crippen LogP contribution is -2.39. The van der Waals surface area contributed by atoms with E-state index < -0.39 is 30.7 Å². The lowest BCUT2D eigenvalue weighted by molar-refractivity contribution is -0.132.